The number of aromatic nitrogens is 1. The minimum Gasteiger partial charge on any atom is -0.464 e. The fourth-order valence-corrected chi connectivity index (χ4v) is 4.18. The van der Waals surface area contributed by atoms with Crippen LogP contribution in [0.2, 0.25) is 0 Å². The van der Waals surface area contributed by atoms with E-state index >= 15 is 0 Å². The van der Waals surface area contributed by atoms with Crippen molar-refractivity contribution in [2.75, 3.05) is 14.2 Å². The first kappa shape index (κ1) is 16.1. The van der Waals surface area contributed by atoms with Gasteiger partial charge in [-0.3, -0.25) is 0 Å². The lowest BCUT2D eigenvalue weighted by Gasteiger charge is -2.33. The maximum absolute atomic E-state index is 12.5. The molecule has 108 valence electrons. The summed E-state index contributed by atoms with van der Waals surface area (Å²) in [7, 11) is -1.07. The molecule has 1 aromatic rings. The van der Waals surface area contributed by atoms with Crippen molar-refractivity contribution in [2.24, 2.45) is 0 Å². The minimum atomic E-state index is -3.76. The summed E-state index contributed by atoms with van der Waals surface area (Å²) in [6, 6.07) is 0. The first-order chi connectivity index (χ1) is 8.68. The lowest BCUT2D eigenvalue weighted by Crippen LogP contribution is -2.44. The van der Waals surface area contributed by atoms with Crippen molar-refractivity contribution in [1.82, 2.24) is 9.29 Å². The lowest BCUT2D eigenvalue weighted by atomic mass is 10.0. The maximum Gasteiger partial charge on any atom is 0.358 e. The van der Waals surface area contributed by atoms with Gasteiger partial charge in [0.2, 0.25) is 0 Å². The summed E-state index contributed by atoms with van der Waals surface area (Å²) >= 11 is 0.914. The molecule has 0 amide bonds. The van der Waals surface area contributed by atoms with E-state index < -0.39 is 21.5 Å². The Morgan fingerprint density at radius 2 is 2.11 bits per heavy atom. The number of esters is 1. The number of rotatable bonds is 5. The van der Waals surface area contributed by atoms with Crippen LogP contribution in [0.5, 0.6) is 0 Å². The van der Waals surface area contributed by atoms with Crippen LogP contribution >= 0.6 is 11.3 Å². The van der Waals surface area contributed by atoms with Gasteiger partial charge in [0.1, 0.15) is 0 Å². The first-order valence-electron chi connectivity index (χ1n) is 5.69. The van der Waals surface area contributed by atoms with Crippen molar-refractivity contribution >= 4 is 27.3 Å². The highest BCUT2D eigenvalue weighted by Crippen LogP contribution is 2.29. The van der Waals surface area contributed by atoms with Crippen LogP contribution in [-0.4, -0.2) is 43.4 Å². The van der Waals surface area contributed by atoms with Crippen molar-refractivity contribution in [3.63, 3.8) is 0 Å². The molecule has 1 heterocycles. The van der Waals surface area contributed by atoms with Crippen molar-refractivity contribution in [2.45, 2.75) is 36.9 Å². The molecule has 0 aliphatic heterocycles. The molecule has 0 N–H and O–H groups in total. The van der Waals surface area contributed by atoms with Crippen LogP contribution in [0.4, 0.5) is 0 Å². The third-order valence-electron chi connectivity index (χ3n) is 3.23. The Hall–Kier alpha value is -0.990. The van der Waals surface area contributed by atoms with E-state index in [1.165, 1.54) is 24.0 Å². The molecule has 0 bridgehead atoms. The van der Waals surface area contributed by atoms with Gasteiger partial charge < -0.3 is 4.74 Å². The van der Waals surface area contributed by atoms with Crippen LogP contribution in [0, 0.1) is 0 Å². The molecule has 19 heavy (non-hydrogen) atoms. The van der Waals surface area contributed by atoms with Crippen molar-refractivity contribution in [3.05, 3.63) is 11.2 Å². The van der Waals surface area contributed by atoms with Gasteiger partial charge in [0.15, 0.2) is 9.90 Å². The second kappa shape index (κ2) is 5.56. The molecule has 0 spiro atoms. The van der Waals surface area contributed by atoms with Gasteiger partial charge in [-0.1, -0.05) is 6.92 Å². The summed E-state index contributed by atoms with van der Waals surface area (Å²) < 4.78 is 30.8. The van der Waals surface area contributed by atoms with Crippen molar-refractivity contribution in [1.29, 1.82) is 0 Å². The SMILES string of the molecule is CCC(C)(C)N(C)S(=O)(=O)c1scnc1C(=O)OC. The molecule has 1 rings (SSSR count). The third-order valence-corrected chi connectivity index (χ3v) is 6.64. The molecular weight excluding hydrogens is 288 g/mol. The number of carbonyl (C=O) groups is 1. The summed E-state index contributed by atoms with van der Waals surface area (Å²) in [5, 5.41) is 0. The van der Waals surface area contributed by atoms with Gasteiger partial charge in [0, 0.05) is 12.6 Å². The standard InChI is InChI=1S/C11H18N2O4S2/c1-6-11(2,3)13(4)19(15,16)10-8(9(14)17-5)12-7-18-10/h7H,6H2,1-5H3. The van der Waals surface area contributed by atoms with Gasteiger partial charge in [-0.2, -0.15) is 4.31 Å². The zero-order valence-corrected chi connectivity index (χ0v) is 13.3. The normalized spacial score (nSPS) is 12.7. The Labute approximate surface area is 117 Å². The molecule has 6 nitrogen and oxygen atoms in total. The van der Waals surface area contributed by atoms with Crippen LogP contribution in [0.15, 0.2) is 9.72 Å². The van der Waals surface area contributed by atoms with Crippen LogP contribution in [0.3, 0.4) is 0 Å². The second-order valence-electron chi connectivity index (χ2n) is 4.62. The smallest absolute Gasteiger partial charge is 0.358 e. The van der Waals surface area contributed by atoms with Gasteiger partial charge in [-0.25, -0.2) is 18.2 Å². The average molecular weight is 306 g/mol. The van der Waals surface area contributed by atoms with Gasteiger partial charge in [-0.15, -0.1) is 11.3 Å². The molecule has 0 aliphatic carbocycles. The summed E-state index contributed by atoms with van der Waals surface area (Å²) in [6.45, 7) is 5.55. The molecule has 1 aromatic heterocycles. The third kappa shape index (κ3) is 2.96. The van der Waals surface area contributed by atoms with E-state index in [2.05, 4.69) is 9.72 Å². The van der Waals surface area contributed by atoms with Crippen LogP contribution in [0.1, 0.15) is 37.7 Å². The number of hydrogen-bond acceptors (Lipinski definition) is 6. The molecule has 0 atom stereocenters. The lowest BCUT2D eigenvalue weighted by molar-refractivity contribution is 0.0590. The number of methoxy groups -OCH3 is 1. The monoisotopic (exact) mass is 306 g/mol. The predicted molar refractivity (Wildman–Crippen MR) is 72.8 cm³/mol. The molecule has 8 heteroatoms. The molecular formula is C11H18N2O4S2. The molecule has 0 radical (unpaired) electrons. The van der Waals surface area contributed by atoms with E-state index in [4.69, 9.17) is 0 Å². The fraction of sp³-hybridized carbons (Fsp3) is 0.636. The Morgan fingerprint density at radius 1 is 1.53 bits per heavy atom. The Kier molecular flexibility index (Phi) is 4.70. The molecule has 0 saturated carbocycles. The van der Waals surface area contributed by atoms with Gasteiger partial charge in [-0.05, 0) is 20.3 Å². The predicted octanol–water partition coefficient (Wildman–Crippen LogP) is 1.74. The Bertz CT molecular complexity index is 563. The van der Waals surface area contributed by atoms with Crippen LogP contribution in [-0.2, 0) is 14.8 Å². The summed E-state index contributed by atoms with van der Waals surface area (Å²) in [6.07, 6.45) is 0.648. The Morgan fingerprint density at radius 3 is 2.58 bits per heavy atom. The van der Waals surface area contributed by atoms with E-state index in [9.17, 15) is 13.2 Å². The van der Waals surface area contributed by atoms with E-state index in [1.54, 1.807) is 0 Å². The summed E-state index contributed by atoms with van der Waals surface area (Å²) in [5.74, 6) is -0.748. The molecule has 0 unspecified atom stereocenters. The van der Waals surface area contributed by atoms with Crippen molar-refractivity contribution in [3.8, 4) is 0 Å². The van der Waals surface area contributed by atoms with Crippen molar-refractivity contribution < 1.29 is 17.9 Å². The molecule has 0 saturated heterocycles. The second-order valence-corrected chi connectivity index (χ2v) is 7.64. The number of sulfonamides is 1. The topological polar surface area (TPSA) is 76.6 Å². The number of nitrogens with zero attached hydrogens (tertiary/aromatic N) is 2. The van der Waals surface area contributed by atoms with Gasteiger partial charge >= 0.3 is 5.97 Å². The minimum absolute atomic E-state index is 0.0802. The molecule has 0 aromatic carbocycles. The zero-order valence-electron chi connectivity index (χ0n) is 11.6. The largest absolute Gasteiger partial charge is 0.464 e. The van der Waals surface area contributed by atoms with Gasteiger partial charge in [0.05, 0.1) is 12.6 Å². The number of ether oxygens (including phenoxy) is 1. The summed E-state index contributed by atoms with van der Waals surface area (Å²) in [4.78, 5) is 15.3. The molecule has 0 aliphatic rings. The fourth-order valence-electron chi connectivity index (χ4n) is 1.32. The quantitative estimate of drug-likeness (QED) is 0.774. The number of hydrogen-bond donors (Lipinski definition) is 0. The zero-order chi connectivity index (χ0) is 14.8. The Balaban J connectivity index is 3.30. The summed E-state index contributed by atoms with van der Waals surface area (Å²) in [5.41, 5.74) is 0.619. The first-order valence-corrected chi connectivity index (χ1v) is 8.01. The number of carbonyl (C=O) groups excluding carboxylic acids is 1. The van der Waals surface area contributed by atoms with E-state index in [0.717, 1.165) is 11.3 Å². The van der Waals surface area contributed by atoms with Gasteiger partial charge in [0.25, 0.3) is 10.0 Å². The maximum atomic E-state index is 12.5. The van der Waals surface area contributed by atoms with E-state index in [0.29, 0.717) is 6.42 Å². The highest BCUT2D eigenvalue weighted by atomic mass is 32.2. The average Bonchev–Trinajstić information content (AvgIpc) is 2.86. The van der Waals surface area contributed by atoms with Crippen LogP contribution < -0.4 is 0 Å². The van der Waals surface area contributed by atoms with E-state index in [1.807, 2.05) is 20.8 Å². The highest BCUT2D eigenvalue weighted by Gasteiger charge is 2.36. The molecule has 0 fully saturated rings. The number of thiazole rings is 1. The highest BCUT2D eigenvalue weighted by molar-refractivity contribution is 7.91. The van der Waals surface area contributed by atoms with Crippen LogP contribution in [0.25, 0.3) is 0 Å². The van der Waals surface area contributed by atoms with E-state index in [-0.39, 0.29) is 9.90 Å².